The van der Waals surface area contributed by atoms with Crippen LogP contribution in [0.3, 0.4) is 0 Å². The maximum absolute atomic E-state index is 4.69. The van der Waals surface area contributed by atoms with E-state index < -0.39 is 0 Å². The summed E-state index contributed by atoms with van der Waals surface area (Å²) in [7, 11) is 0. The molecule has 0 fully saturated rings. The first kappa shape index (κ1) is 22.5. The summed E-state index contributed by atoms with van der Waals surface area (Å²) in [5.41, 5.74) is 8.82. The Hall–Kier alpha value is -4.66. The number of aromatic nitrogens is 6. The SMILES string of the molecule is c1ccc(CNCc2cncc(-c3cc4c(-c5cc6c(-c7cccs7)ccnc6[nH]5)n[nH]c4cn3)c2)cc1. The Morgan fingerprint density at radius 3 is 2.63 bits per heavy atom. The van der Waals surface area contributed by atoms with Crippen molar-refractivity contribution in [2.75, 3.05) is 0 Å². The summed E-state index contributed by atoms with van der Waals surface area (Å²) in [6, 6.07) is 23.0. The van der Waals surface area contributed by atoms with E-state index in [1.807, 2.05) is 30.9 Å². The molecule has 0 aliphatic rings. The summed E-state index contributed by atoms with van der Waals surface area (Å²) in [4.78, 5) is 18.4. The number of fused-ring (bicyclic) bond motifs is 2. The Bertz CT molecular complexity index is 1850. The third kappa shape index (κ3) is 4.26. The zero-order valence-corrected chi connectivity index (χ0v) is 21.2. The van der Waals surface area contributed by atoms with Gasteiger partial charge in [0.05, 0.1) is 23.1 Å². The normalized spacial score (nSPS) is 11.5. The fraction of sp³-hybridized carbons (Fsp3) is 0.0667. The van der Waals surface area contributed by atoms with Crippen LogP contribution in [0.15, 0.2) is 96.9 Å². The van der Waals surface area contributed by atoms with Crippen LogP contribution in [0.1, 0.15) is 11.1 Å². The quantitative estimate of drug-likeness (QED) is 0.224. The Labute approximate surface area is 222 Å². The Balaban J connectivity index is 1.20. The number of nitrogens with one attached hydrogen (secondary N) is 3. The molecule has 7 aromatic rings. The van der Waals surface area contributed by atoms with E-state index >= 15 is 0 Å². The molecule has 0 aliphatic heterocycles. The first-order valence-electron chi connectivity index (χ1n) is 12.4. The Kier molecular flexibility index (Phi) is 5.73. The van der Waals surface area contributed by atoms with Gasteiger partial charge in [-0.25, -0.2) is 4.98 Å². The van der Waals surface area contributed by atoms with Crippen LogP contribution in [0, 0.1) is 0 Å². The number of hydrogen-bond donors (Lipinski definition) is 3. The molecule has 0 atom stereocenters. The lowest BCUT2D eigenvalue weighted by atomic mass is 10.1. The number of rotatable bonds is 7. The minimum Gasteiger partial charge on any atom is -0.338 e. The van der Waals surface area contributed by atoms with Gasteiger partial charge >= 0.3 is 0 Å². The van der Waals surface area contributed by atoms with E-state index in [1.165, 1.54) is 16.0 Å². The predicted octanol–water partition coefficient (Wildman–Crippen LogP) is 6.58. The van der Waals surface area contributed by atoms with Crippen LogP contribution in [-0.4, -0.2) is 30.1 Å². The average molecular weight is 514 g/mol. The zero-order valence-electron chi connectivity index (χ0n) is 20.3. The average Bonchev–Trinajstić information content (AvgIpc) is 3.73. The lowest BCUT2D eigenvalue weighted by Gasteiger charge is -2.07. The fourth-order valence-electron chi connectivity index (χ4n) is 4.75. The number of pyridine rings is 3. The monoisotopic (exact) mass is 513 g/mol. The van der Waals surface area contributed by atoms with Gasteiger partial charge in [-0.2, -0.15) is 5.10 Å². The number of hydrogen-bond acceptors (Lipinski definition) is 6. The number of H-pyrrole nitrogens is 2. The first-order chi connectivity index (χ1) is 18.8. The van der Waals surface area contributed by atoms with Gasteiger partial charge in [-0.15, -0.1) is 11.3 Å². The summed E-state index contributed by atoms with van der Waals surface area (Å²) >= 11 is 1.72. The van der Waals surface area contributed by atoms with Crippen molar-refractivity contribution in [1.29, 1.82) is 0 Å². The molecular formula is C30H23N7S. The molecule has 0 saturated heterocycles. The molecule has 7 nitrogen and oxygen atoms in total. The summed E-state index contributed by atoms with van der Waals surface area (Å²) < 4.78 is 0. The number of thiophene rings is 1. The van der Waals surface area contributed by atoms with Crippen LogP contribution < -0.4 is 5.32 Å². The largest absolute Gasteiger partial charge is 0.338 e. The molecule has 0 amide bonds. The molecule has 0 aliphatic carbocycles. The van der Waals surface area contributed by atoms with E-state index in [0.29, 0.717) is 0 Å². The molecule has 38 heavy (non-hydrogen) atoms. The van der Waals surface area contributed by atoms with Gasteiger partial charge in [0.15, 0.2) is 0 Å². The minimum absolute atomic E-state index is 0.726. The van der Waals surface area contributed by atoms with Gasteiger partial charge in [0, 0.05) is 58.5 Å². The second kappa shape index (κ2) is 9.66. The first-order valence-corrected chi connectivity index (χ1v) is 13.2. The second-order valence-electron chi connectivity index (χ2n) is 9.14. The van der Waals surface area contributed by atoms with Crippen LogP contribution in [0.5, 0.6) is 0 Å². The van der Waals surface area contributed by atoms with Crippen molar-refractivity contribution >= 4 is 33.3 Å². The van der Waals surface area contributed by atoms with Crippen molar-refractivity contribution in [3.05, 3.63) is 108 Å². The van der Waals surface area contributed by atoms with E-state index in [1.54, 1.807) is 11.3 Å². The molecule has 0 bridgehead atoms. The van der Waals surface area contributed by atoms with Gasteiger partial charge in [0.25, 0.3) is 0 Å². The zero-order chi connectivity index (χ0) is 25.3. The number of nitrogens with zero attached hydrogens (tertiary/aromatic N) is 4. The van der Waals surface area contributed by atoms with Crippen molar-refractivity contribution in [3.8, 4) is 33.1 Å². The highest BCUT2D eigenvalue weighted by Crippen LogP contribution is 2.35. The minimum atomic E-state index is 0.726. The van der Waals surface area contributed by atoms with Gasteiger partial charge in [-0.3, -0.25) is 15.1 Å². The lowest BCUT2D eigenvalue weighted by Crippen LogP contribution is -2.12. The van der Waals surface area contributed by atoms with Gasteiger partial charge in [-0.1, -0.05) is 36.4 Å². The van der Waals surface area contributed by atoms with Crippen molar-refractivity contribution in [3.63, 3.8) is 0 Å². The molecule has 6 aromatic heterocycles. The van der Waals surface area contributed by atoms with E-state index in [0.717, 1.165) is 63.2 Å². The molecule has 0 radical (unpaired) electrons. The van der Waals surface area contributed by atoms with E-state index in [4.69, 9.17) is 4.98 Å². The highest BCUT2D eigenvalue weighted by molar-refractivity contribution is 7.13. The molecule has 0 unspecified atom stereocenters. The predicted molar refractivity (Wildman–Crippen MR) is 153 cm³/mol. The molecule has 184 valence electrons. The van der Waals surface area contributed by atoms with E-state index in [9.17, 15) is 0 Å². The maximum Gasteiger partial charge on any atom is 0.138 e. The van der Waals surface area contributed by atoms with Crippen LogP contribution in [0.25, 0.3) is 55.0 Å². The van der Waals surface area contributed by atoms with Crippen LogP contribution in [-0.2, 0) is 13.1 Å². The molecule has 0 saturated carbocycles. The standard InChI is InChI=1S/C30H23N7S/c1-2-5-19(6-3-1)14-31-15-20-11-21(17-32-16-20)25-13-24-27(18-34-25)36-37-29(24)26-12-23-22(28-7-4-10-38-28)8-9-33-30(23)35-26/h1-13,16-18,31H,14-15H2,(H,33,35)(H,36,37). The third-order valence-corrected chi connectivity index (χ3v) is 7.52. The molecule has 0 spiro atoms. The van der Waals surface area contributed by atoms with Gasteiger partial charge in [-0.05, 0) is 46.8 Å². The lowest BCUT2D eigenvalue weighted by molar-refractivity contribution is 0.691. The summed E-state index contributed by atoms with van der Waals surface area (Å²) in [6.07, 6.45) is 7.43. The van der Waals surface area contributed by atoms with Gasteiger partial charge < -0.3 is 10.3 Å². The maximum atomic E-state index is 4.69. The second-order valence-corrected chi connectivity index (χ2v) is 10.1. The highest BCUT2D eigenvalue weighted by atomic mass is 32.1. The van der Waals surface area contributed by atoms with Crippen molar-refractivity contribution in [2.24, 2.45) is 0 Å². The molecular weight excluding hydrogens is 490 g/mol. The Morgan fingerprint density at radius 2 is 1.74 bits per heavy atom. The summed E-state index contributed by atoms with van der Waals surface area (Å²) in [6.45, 7) is 1.53. The molecule has 8 heteroatoms. The van der Waals surface area contributed by atoms with Gasteiger partial charge in [0.1, 0.15) is 11.3 Å². The Morgan fingerprint density at radius 1 is 0.816 bits per heavy atom. The van der Waals surface area contributed by atoms with Crippen LogP contribution in [0.4, 0.5) is 0 Å². The fourth-order valence-corrected chi connectivity index (χ4v) is 5.52. The number of aromatic amines is 2. The van der Waals surface area contributed by atoms with E-state index in [-0.39, 0.29) is 0 Å². The third-order valence-electron chi connectivity index (χ3n) is 6.61. The topological polar surface area (TPSA) is 95.2 Å². The molecule has 6 heterocycles. The van der Waals surface area contributed by atoms with Gasteiger partial charge in [0.2, 0.25) is 0 Å². The summed E-state index contributed by atoms with van der Waals surface area (Å²) in [5.74, 6) is 0. The molecule has 7 rings (SSSR count). The van der Waals surface area contributed by atoms with E-state index in [2.05, 4.69) is 96.5 Å². The van der Waals surface area contributed by atoms with Crippen molar-refractivity contribution < 1.29 is 0 Å². The smallest absolute Gasteiger partial charge is 0.138 e. The molecule has 1 aromatic carbocycles. The highest BCUT2D eigenvalue weighted by Gasteiger charge is 2.16. The van der Waals surface area contributed by atoms with Crippen molar-refractivity contribution in [2.45, 2.75) is 13.1 Å². The van der Waals surface area contributed by atoms with Crippen LogP contribution >= 0.6 is 11.3 Å². The molecule has 3 N–H and O–H groups in total. The van der Waals surface area contributed by atoms with Crippen molar-refractivity contribution in [1.82, 2.24) is 35.5 Å². The number of benzene rings is 1. The van der Waals surface area contributed by atoms with Crippen LogP contribution in [0.2, 0.25) is 0 Å². The summed E-state index contributed by atoms with van der Waals surface area (Å²) in [5, 5.41) is 15.4.